The summed E-state index contributed by atoms with van der Waals surface area (Å²) in [6.45, 7) is 6.77. The van der Waals surface area contributed by atoms with Crippen LogP contribution in [0.15, 0.2) is 24.3 Å². The Morgan fingerprint density at radius 2 is 1.74 bits per heavy atom. The summed E-state index contributed by atoms with van der Waals surface area (Å²) in [5.41, 5.74) is 7.80. The second-order valence-electron chi connectivity index (χ2n) is 7.93. The van der Waals surface area contributed by atoms with E-state index in [2.05, 4.69) is 5.32 Å². The molecule has 1 fully saturated rings. The van der Waals surface area contributed by atoms with E-state index in [4.69, 9.17) is 5.73 Å². The van der Waals surface area contributed by atoms with Crippen LogP contribution in [0.3, 0.4) is 0 Å². The van der Waals surface area contributed by atoms with Crippen LogP contribution in [0.5, 0.6) is 0 Å². The molecule has 0 saturated heterocycles. The van der Waals surface area contributed by atoms with Crippen LogP contribution in [0.4, 0.5) is 5.69 Å². The Kier molecular flexibility index (Phi) is 9.27. The first-order chi connectivity index (χ1) is 12.3. The molecule has 1 aromatic rings. The number of hydrogen-bond acceptors (Lipinski definition) is 3. The first kappa shape index (κ1) is 23.4. The van der Waals surface area contributed by atoms with Crippen molar-refractivity contribution in [2.75, 3.05) is 11.9 Å². The van der Waals surface area contributed by atoms with Crippen LogP contribution in [-0.2, 0) is 16.1 Å². The minimum absolute atomic E-state index is 0. The molecule has 5 nitrogen and oxygen atoms in total. The highest BCUT2D eigenvalue weighted by Crippen LogP contribution is 2.38. The fourth-order valence-electron chi connectivity index (χ4n) is 3.85. The lowest BCUT2D eigenvalue weighted by Gasteiger charge is -2.35. The van der Waals surface area contributed by atoms with E-state index in [9.17, 15) is 9.59 Å². The van der Waals surface area contributed by atoms with Crippen LogP contribution in [-0.4, -0.2) is 29.3 Å². The first-order valence-electron chi connectivity index (χ1n) is 9.71. The molecule has 0 atom stereocenters. The van der Waals surface area contributed by atoms with Gasteiger partial charge in [-0.15, -0.1) is 12.4 Å². The number of halogens is 1. The molecule has 2 rings (SSSR count). The van der Waals surface area contributed by atoms with Crippen molar-refractivity contribution in [1.82, 2.24) is 4.90 Å². The maximum absolute atomic E-state index is 12.5. The zero-order valence-electron chi connectivity index (χ0n) is 16.8. The maximum atomic E-state index is 12.5. The van der Waals surface area contributed by atoms with Crippen molar-refractivity contribution in [3.8, 4) is 0 Å². The number of amides is 2. The Labute approximate surface area is 169 Å². The Morgan fingerprint density at radius 3 is 2.22 bits per heavy atom. The average Bonchev–Trinajstić information content (AvgIpc) is 2.61. The van der Waals surface area contributed by atoms with Crippen LogP contribution in [0.2, 0.25) is 0 Å². The lowest BCUT2D eigenvalue weighted by Crippen LogP contribution is -2.36. The van der Waals surface area contributed by atoms with Crippen molar-refractivity contribution in [3.05, 3.63) is 29.8 Å². The van der Waals surface area contributed by atoms with Crippen molar-refractivity contribution in [1.29, 1.82) is 0 Å². The molecule has 1 aliphatic carbocycles. The smallest absolute Gasteiger partial charge is 0.224 e. The van der Waals surface area contributed by atoms with E-state index in [-0.39, 0.29) is 35.7 Å². The largest absolute Gasteiger partial charge is 0.336 e. The molecule has 3 N–H and O–H groups in total. The van der Waals surface area contributed by atoms with E-state index in [0.717, 1.165) is 24.1 Å². The summed E-state index contributed by atoms with van der Waals surface area (Å²) >= 11 is 0. The number of rotatable bonds is 7. The lowest BCUT2D eigenvalue weighted by atomic mass is 9.71. The van der Waals surface area contributed by atoms with Crippen LogP contribution in [0.1, 0.15) is 64.9 Å². The molecule has 1 saturated carbocycles. The fourth-order valence-corrected chi connectivity index (χ4v) is 3.85. The highest BCUT2D eigenvalue weighted by Gasteiger charge is 2.32. The van der Waals surface area contributed by atoms with Gasteiger partial charge in [0.2, 0.25) is 11.8 Å². The highest BCUT2D eigenvalue weighted by atomic mass is 35.5. The quantitative estimate of drug-likeness (QED) is 0.729. The number of anilines is 1. The van der Waals surface area contributed by atoms with E-state index >= 15 is 0 Å². The molecule has 0 spiro atoms. The lowest BCUT2D eigenvalue weighted by molar-refractivity contribution is -0.131. The van der Waals surface area contributed by atoms with Crippen molar-refractivity contribution in [2.45, 2.75) is 71.9 Å². The molecule has 6 heteroatoms. The predicted octanol–water partition coefficient (Wildman–Crippen LogP) is 4.10. The van der Waals surface area contributed by atoms with Gasteiger partial charge in [0.1, 0.15) is 0 Å². The molecule has 1 aliphatic rings. The van der Waals surface area contributed by atoms with Gasteiger partial charge >= 0.3 is 0 Å². The maximum Gasteiger partial charge on any atom is 0.224 e. The molecular formula is C21H34ClN3O2. The summed E-state index contributed by atoms with van der Waals surface area (Å²) < 4.78 is 0. The molecule has 0 aromatic heterocycles. The minimum atomic E-state index is -0.0263. The van der Waals surface area contributed by atoms with Crippen molar-refractivity contribution < 1.29 is 9.59 Å². The summed E-state index contributed by atoms with van der Waals surface area (Å²) in [5.74, 6) is 0.106. The summed E-state index contributed by atoms with van der Waals surface area (Å²) in [6, 6.07) is 7.90. The van der Waals surface area contributed by atoms with Crippen molar-refractivity contribution in [3.63, 3.8) is 0 Å². The topological polar surface area (TPSA) is 75.4 Å². The van der Waals surface area contributed by atoms with Crippen LogP contribution >= 0.6 is 12.4 Å². The number of benzene rings is 1. The van der Waals surface area contributed by atoms with Gasteiger partial charge in [-0.1, -0.05) is 31.4 Å². The summed E-state index contributed by atoms with van der Waals surface area (Å²) in [7, 11) is 0. The van der Waals surface area contributed by atoms with Crippen LogP contribution in [0.25, 0.3) is 0 Å². The number of nitrogens with one attached hydrogen (secondary N) is 1. The van der Waals surface area contributed by atoms with E-state index in [1.165, 1.54) is 19.3 Å². The molecule has 27 heavy (non-hydrogen) atoms. The highest BCUT2D eigenvalue weighted by molar-refractivity contribution is 5.91. The normalized spacial score (nSPS) is 15.7. The number of carbonyl (C=O) groups excluding carboxylic acids is 2. The molecule has 152 valence electrons. The van der Waals surface area contributed by atoms with E-state index in [0.29, 0.717) is 19.5 Å². The molecule has 0 radical (unpaired) electrons. The van der Waals surface area contributed by atoms with Gasteiger partial charge in [-0.25, -0.2) is 0 Å². The monoisotopic (exact) mass is 395 g/mol. The molecule has 0 unspecified atom stereocenters. The van der Waals surface area contributed by atoms with Gasteiger partial charge < -0.3 is 16.0 Å². The Balaban J connectivity index is 0.00000364. The SMILES string of the molecule is CC(=O)N(Cc1ccc(NC(=O)CC2(CN)CCCCC2)cc1)C(C)C.Cl. The summed E-state index contributed by atoms with van der Waals surface area (Å²) in [4.78, 5) is 26.0. The molecule has 0 bridgehead atoms. The second-order valence-corrected chi connectivity index (χ2v) is 7.93. The Hall–Kier alpha value is -1.59. The third-order valence-corrected chi connectivity index (χ3v) is 5.50. The van der Waals surface area contributed by atoms with Crippen LogP contribution in [0, 0.1) is 5.41 Å². The first-order valence-corrected chi connectivity index (χ1v) is 9.71. The van der Waals surface area contributed by atoms with E-state index < -0.39 is 0 Å². The minimum Gasteiger partial charge on any atom is -0.336 e. The van der Waals surface area contributed by atoms with E-state index in [1.807, 2.05) is 43.0 Å². The van der Waals surface area contributed by atoms with Crippen LogP contribution < -0.4 is 11.1 Å². The molecule has 0 aliphatic heterocycles. The Morgan fingerprint density at radius 1 is 1.15 bits per heavy atom. The zero-order chi connectivity index (χ0) is 19.2. The van der Waals surface area contributed by atoms with Crippen molar-refractivity contribution in [2.24, 2.45) is 11.1 Å². The molecule has 2 amide bonds. The third kappa shape index (κ3) is 6.82. The zero-order valence-corrected chi connectivity index (χ0v) is 17.6. The van der Waals surface area contributed by atoms with Crippen molar-refractivity contribution >= 4 is 29.9 Å². The van der Waals surface area contributed by atoms with Gasteiger partial charge in [0.25, 0.3) is 0 Å². The fraction of sp³-hybridized carbons (Fsp3) is 0.619. The predicted molar refractivity (Wildman–Crippen MR) is 113 cm³/mol. The van der Waals surface area contributed by atoms with Gasteiger partial charge in [-0.05, 0) is 56.3 Å². The summed E-state index contributed by atoms with van der Waals surface area (Å²) in [5, 5.41) is 3.00. The number of hydrogen-bond donors (Lipinski definition) is 2. The third-order valence-electron chi connectivity index (χ3n) is 5.50. The number of nitrogens with two attached hydrogens (primary N) is 1. The molecule has 0 heterocycles. The van der Waals surface area contributed by atoms with Gasteiger partial charge in [0, 0.05) is 31.6 Å². The van der Waals surface area contributed by atoms with Gasteiger partial charge in [-0.2, -0.15) is 0 Å². The summed E-state index contributed by atoms with van der Waals surface area (Å²) in [6.07, 6.45) is 6.18. The average molecular weight is 396 g/mol. The number of carbonyl (C=O) groups is 2. The molecule has 1 aromatic carbocycles. The Bertz CT molecular complexity index is 610. The van der Waals surface area contributed by atoms with Gasteiger partial charge in [0.15, 0.2) is 0 Å². The molecular weight excluding hydrogens is 362 g/mol. The van der Waals surface area contributed by atoms with Gasteiger partial charge in [0.05, 0.1) is 0 Å². The number of nitrogens with zero attached hydrogens (tertiary/aromatic N) is 1. The second kappa shape index (κ2) is 10.7. The standard InChI is InChI=1S/C21H33N3O2.ClH/c1-16(2)24(17(3)25)14-18-7-9-19(10-8-18)23-20(26)13-21(15-22)11-5-4-6-12-21;/h7-10,16H,4-6,11-15,22H2,1-3H3,(H,23,26);1H. The van der Waals surface area contributed by atoms with Gasteiger partial charge in [-0.3, -0.25) is 9.59 Å². The van der Waals surface area contributed by atoms with E-state index in [1.54, 1.807) is 6.92 Å².